The molecule has 0 spiro atoms. The molecule has 0 aliphatic rings. The summed E-state index contributed by atoms with van der Waals surface area (Å²) in [6.45, 7) is 1.81. The third-order valence-electron chi connectivity index (χ3n) is 1.53. The second kappa shape index (κ2) is 4.21. The lowest BCUT2D eigenvalue weighted by molar-refractivity contribution is -0.195. The summed E-state index contributed by atoms with van der Waals surface area (Å²) in [5, 5.41) is -2.52. The molecule has 14 heavy (non-hydrogen) atoms. The van der Waals surface area contributed by atoms with E-state index in [0.717, 1.165) is 5.56 Å². The lowest BCUT2D eigenvalue weighted by Gasteiger charge is -2.17. The first-order valence-electron chi connectivity index (χ1n) is 3.83. The standard InChI is InChI=1S/C9H8BrF3O/c1-6-2-4-7(5-3-6)14-9(12,13)8(10)11/h2-5,8H,1H3. The van der Waals surface area contributed by atoms with Crippen LogP contribution in [-0.4, -0.2) is 11.2 Å². The van der Waals surface area contributed by atoms with E-state index in [0.29, 0.717) is 0 Å². The molecule has 0 aliphatic heterocycles. The average Bonchev–Trinajstić information content (AvgIpc) is 2.08. The van der Waals surface area contributed by atoms with Gasteiger partial charge in [-0.25, -0.2) is 4.39 Å². The lowest BCUT2D eigenvalue weighted by atomic mass is 10.2. The van der Waals surface area contributed by atoms with Crippen LogP contribution in [-0.2, 0) is 0 Å². The first-order chi connectivity index (χ1) is 6.42. The molecule has 1 aromatic rings. The minimum atomic E-state index is -3.85. The molecule has 0 N–H and O–H groups in total. The molecular weight excluding hydrogens is 261 g/mol. The van der Waals surface area contributed by atoms with Crippen LogP contribution in [0.5, 0.6) is 5.75 Å². The van der Waals surface area contributed by atoms with Crippen molar-refractivity contribution in [3.8, 4) is 5.75 Å². The predicted molar refractivity (Wildman–Crippen MR) is 50.6 cm³/mol. The highest BCUT2D eigenvalue weighted by molar-refractivity contribution is 9.09. The molecule has 0 amide bonds. The van der Waals surface area contributed by atoms with Crippen LogP contribution in [0.15, 0.2) is 24.3 Å². The highest BCUT2D eigenvalue weighted by Gasteiger charge is 2.41. The number of alkyl halides is 4. The summed E-state index contributed by atoms with van der Waals surface area (Å²) < 4.78 is 41.8. The van der Waals surface area contributed by atoms with Crippen LogP contribution in [0.1, 0.15) is 5.56 Å². The van der Waals surface area contributed by atoms with E-state index in [1.54, 1.807) is 12.1 Å². The molecule has 1 aromatic carbocycles. The summed E-state index contributed by atoms with van der Waals surface area (Å²) in [7, 11) is 0. The van der Waals surface area contributed by atoms with Gasteiger partial charge in [-0.1, -0.05) is 17.7 Å². The Balaban J connectivity index is 2.74. The van der Waals surface area contributed by atoms with Gasteiger partial charge in [0.05, 0.1) is 0 Å². The summed E-state index contributed by atoms with van der Waals surface area (Å²) in [5.41, 5.74) is 0.913. The Morgan fingerprint density at radius 2 is 1.79 bits per heavy atom. The first-order valence-corrected chi connectivity index (χ1v) is 4.75. The largest absolute Gasteiger partial charge is 0.440 e. The number of rotatable bonds is 3. The molecule has 0 fully saturated rings. The Kier molecular flexibility index (Phi) is 3.42. The Morgan fingerprint density at radius 3 is 2.21 bits per heavy atom. The molecule has 0 saturated carbocycles. The Bertz CT molecular complexity index is 297. The zero-order valence-corrected chi connectivity index (χ0v) is 8.89. The van der Waals surface area contributed by atoms with E-state index >= 15 is 0 Å². The summed E-state index contributed by atoms with van der Waals surface area (Å²) in [4.78, 5) is 0. The fraction of sp³-hybridized carbons (Fsp3) is 0.333. The van der Waals surface area contributed by atoms with Crippen LogP contribution in [0.25, 0.3) is 0 Å². The van der Waals surface area contributed by atoms with Gasteiger partial charge in [-0.05, 0) is 35.0 Å². The second-order valence-corrected chi connectivity index (χ2v) is 3.58. The van der Waals surface area contributed by atoms with E-state index < -0.39 is 11.2 Å². The SMILES string of the molecule is Cc1ccc(OC(F)(F)C(F)Br)cc1. The molecular formula is C9H8BrF3O. The van der Waals surface area contributed by atoms with E-state index in [-0.39, 0.29) is 5.75 Å². The van der Waals surface area contributed by atoms with E-state index in [1.165, 1.54) is 12.1 Å². The molecule has 5 heteroatoms. The summed E-state index contributed by atoms with van der Waals surface area (Å²) in [6, 6.07) is 5.93. The van der Waals surface area contributed by atoms with Crippen LogP contribution in [0.2, 0.25) is 0 Å². The smallest absolute Gasteiger partial charge is 0.430 e. The number of benzene rings is 1. The van der Waals surface area contributed by atoms with Gasteiger partial charge in [0, 0.05) is 0 Å². The fourth-order valence-electron chi connectivity index (χ4n) is 0.808. The summed E-state index contributed by atoms with van der Waals surface area (Å²) in [6.07, 6.45) is -3.85. The zero-order chi connectivity index (χ0) is 10.8. The molecule has 0 saturated heterocycles. The summed E-state index contributed by atoms with van der Waals surface area (Å²) >= 11 is 2.13. The Labute approximate surface area is 88.0 Å². The van der Waals surface area contributed by atoms with Crippen LogP contribution in [0, 0.1) is 6.92 Å². The van der Waals surface area contributed by atoms with Gasteiger partial charge in [-0.2, -0.15) is 8.78 Å². The normalized spacial score (nSPS) is 13.8. The van der Waals surface area contributed by atoms with Gasteiger partial charge in [0.2, 0.25) is 0 Å². The van der Waals surface area contributed by atoms with Gasteiger partial charge >= 0.3 is 6.11 Å². The number of aryl methyl sites for hydroxylation is 1. The van der Waals surface area contributed by atoms with Crippen molar-refractivity contribution in [3.05, 3.63) is 29.8 Å². The molecule has 0 radical (unpaired) electrons. The third kappa shape index (κ3) is 2.90. The van der Waals surface area contributed by atoms with Crippen LogP contribution in [0.3, 0.4) is 0 Å². The van der Waals surface area contributed by atoms with Gasteiger partial charge < -0.3 is 4.74 Å². The van der Waals surface area contributed by atoms with Crippen LogP contribution >= 0.6 is 15.9 Å². The molecule has 0 bridgehead atoms. The third-order valence-corrected chi connectivity index (χ3v) is 2.06. The zero-order valence-electron chi connectivity index (χ0n) is 7.31. The molecule has 0 heterocycles. The minimum Gasteiger partial charge on any atom is -0.430 e. The monoisotopic (exact) mass is 268 g/mol. The van der Waals surface area contributed by atoms with E-state index in [4.69, 9.17) is 0 Å². The highest BCUT2D eigenvalue weighted by atomic mass is 79.9. The average molecular weight is 269 g/mol. The molecule has 1 rings (SSSR count). The topological polar surface area (TPSA) is 9.23 Å². The first kappa shape index (κ1) is 11.4. The van der Waals surface area contributed by atoms with Crippen molar-refractivity contribution in [2.45, 2.75) is 18.1 Å². The second-order valence-electron chi connectivity index (χ2n) is 2.78. The quantitative estimate of drug-likeness (QED) is 0.761. The van der Waals surface area contributed by atoms with E-state index in [2.05, 4.69) is 20.7 Å². The minimum absolute atomic E-state index is 0.0669. The maximum Gasteiger partial charge on any atom is 0.440 e. The van der Waals surface area contributed by atoms with Crippen molar-refractivity contribution in [1.29, 1.82) is 0 Å². The van der Waals surface area contributed by atoms with Crippen LogP contribution < -0.4 is 4.74 Å². The molecule has 0 aliphatic carbocycles. The van der Waals surface area contributed by atoms with Gasteiger partial charge in [0.1, 0.15) is 5.75 Å². The maximum atomic E-state index is 12.7. The number of halogens is 4. The number of hydrogen-bond donors (Lipinski definition) is 0. The number of ether oxygens (including phenoxy) is 1. The summed E-state index contributed by atoms with van der Waals surface area (Å²) in [5.74, 6) is -0.0669. The van der Waals surface area contributed by atoms with Crippen molar-refractivity contribution in [1.82, 2.24) is 0 Å². The van der Waals surface area contributed by atoms with Gasteiger partial charge in [0.15, 0.2) is 0 Å². The van der Waals surface area contributed by atoms with Crippen molar-refractivity contribution in [2.75, 3.05) is 0 Å². The molecule has 1 nitrogen and oxygen atoms in total. The molecule has 1 unspecified atom stereocenters. The van der Waals surface area contributed by atoms with Crippen molar-refractivity contribution in [3.63, 3.8) is 0 Å². The number of hydrogen-bond acceptors (Lipinski definition) is 1. The van der Waals surface area contributed by atoms with Crippen molar-refractivity contribution >= 4 is 15.9 Å². The molecule has 1 atom stereocenters. The van der Waals surface area contributed by atoms with Gasteiger partial charge in [-0.15, -0.1) is 0 Å². The van der Waals surface area contributed by atoms with E-state index in [1.807, 2.05) is 6.92 Å². The van der Waals surface area contributed by atoms with Crippen molar-refractivity contribution < 1.29 is 17.9 Å². The Hall–Kier alpha value is -0.710. The van der Waals surface area contributed by atoms with E-state index in [9.17, 15) is 13.2 Å². The fourth-order valence-corrected chi connectivity index (χ4v) is 0.901. The lowest BCUT2D eigenvalue weighted by Crippen LogP contribution is -2.32. The maximum absolute atomic E-state index is 12.7. The van der Waals surface area contributed by atoms with Gasteiger partial charge in [-0.3, -0.25) is 0 Å². The van der Waals surface area contributed by atoms with Gasteiger partial charge in [0.25, 0.3) is 5.08 Å². The highest BCUT2D eigenvalue weighted by Crippen LogP contribution is 2.29. The Morgan fingerprint density at radius 1 is 1.29 bits per heavy atom. The molecule has 78 valence electrons. The predicted octanol–water partition coefficient (Wildman–Crippen LogP) is 3.66. The van der Waals surface area contributed by atoms with Crippen molar-refractivity contribution in [2.24, 2.45) is 0 Å². The molecule has 0 aromatic heterocycles. The van der Waals surface area contributed by atoms with Crippen LogP contribution in [0.4, 0.5) is 13.2 Å².